The van der Waals surface area contributed by atoms with Crippen LogP contribution in [0.5, 0.6) is 0 Å². The Morgan fingerprint density at radius 2 is 1.80 bits per heavy atom. The van der Waals surface area contributed by atoms with E-state index in [0.29, 0.717) is 5.56 Å². The lowest BCUT2D eigenvalue weighted by atomic mass is 10.1. The van der Waals surface area contributed by atoms with Gasteiger partial charge in [-0.05, 0) is 23.8 Å². The molecule has 1 rings (SSSR count). The molecule has 0 fully saturated rings. The van der Waals surface area contributed by atoms with Gasteiger partial charge >= 0.3 is 12.1 Å². The largest absolute Gasteiger partial charge is 0.480 e. The number of alkyl halides is 3. The average Bonchev–Trinajstić information content (AvgIpc) is 2.35. The number of aliphatic carboxylic acids is 1. The van der Waals surface area contributed by atoms with Crippen LogP contribution in [0.3, 0.4) is 0 Å². The molecule has 108 valence electrons. The van der Waals surface area contributed by atoms with Crippen LogP contribution in [-0.2, 0) is 15.8 Å². The molecule has 0 amide bonds. The third kappa shape index (κ3) is 4.85. The molecule has 1 atom stereocenters. The van der Waals surface area contributed by atoms with Gasteiger partial charge in [0.25, 0.3) is 0 Å². The number of carboxylic acid groups (broad SMARTS) is 1. The van der Waals surface area contributed by atoms with Gasteiger partial charge in [0.15, 0.2) is 5.78 Å². The fourth-order valence-corrected chi connectivity index (χ4v) is 1.34. The molecule has 0 saturated heterocycles. The number of benzene rings is 1. The molecule has 0 heterocycles. The summed E-state index contributed by atoms with van der Waals surface area (Å²) in [5, 5.41) is 8.52. The summed E-state index contributed by atoms with van der Waals surface area (Å²) in [7, 11) is 0. The summed E-state index contributed by atoms with van der Waals surface area (Å²) in [6.07, 6.45) is -2.39. The minimum atomic E-state index is -4.41. The molecule has 0 aliphatic rings. The molecule has 0 saturated carbocycles. The van der Waals surface area contributed by atoms with E-state index in [0.717, 1.165) is 18.2 Å². The van der Waals surface area contributed by atoms with Crippen LogP contribution >= 0.6 is 0 Å². The summed E-state index contributed by atoms with van der Waals surface area (Å²) in [6.45, 7) is 0. The zero-order valence-electron chi connectivity index (χ0n) is 10.2. The van der Waals surface area contributed by atoms with Crippen LogP contribution in [-0.4, -0.2) is 22.9 Å². The van der Waals surface area contributed by atoms with Gasteiger partial charge in [-0.3, -0.25) is 9.59 Å². The Balaban J connectivity index is 2.67. The third-order valence-electron chi connectivity index (χ3n) is 2.44. The first-order valence-electron chi connectivity index (χ1n) is 5.56. The van der Waals surface area contributed by atoms with Crippen molar-refractivity contribution < 1.29 is 27.9 Å². The second kappa shape index (κ2) is 6.33. The maximum atomic E-state index is 12.3. The predicted molar refractivity (Wildman–Crippen MR) is 65.7 cm³/mol. The van der Waals surface area contributed by atoms with E-state index < -0.39 is 29.5 Å². The zero-order chi connectivity index (χ0) is 15.3. The molecule has 1 aromatic carbocycles. The first-order valence-corrected chi connectivity index (χ1v) is 5.56. The lowest BCUT2D eigenvalue weighted by molar-refractivity contribution is -0.140. The fourth-order valence-electron chi connectivity index (χ4n) is 1.34. The molecule has 0 spiro atoms. The fraction of sp³-hybridized carbons (Fsp3) is 0.231. The summed E-state index contributed by atoms with van der Waals surface area (Å²) in [5.41, 5.74) is 4.79. The Morgan fingerprint density at radius 3 is 2.25 bits per heavy atom. The third-order valence-corrected chi connectivity index (χ3v) is 2.44. The molecule has 20 heavy (non-hydrogen) atoms. The van der Waals surface area contributed by atoms with Gasteiger partial charge < -0.3 is 10.8 Å². The smallest absolute Gasteiger partial charge is 0.416 e. The molecule has 0 radical (unpaired) electrons. The number of carbonyl (C=O) groups excluding carboxylic acids is 1. The number of ketones is 1. The summed E-state index contributed by atoms with van der Waals surface area (Å²) in [5.74, 6) is -1.80. The number of carbonyl (C=O) groups is 2. The van der Waals surface area contributed by atoms with E-state index in [4.69, 9.17) is 10.8 Å². The van der Waals surface area contributed by atoms with Crippen molar-refractivity contribution in [2.75, 3.05) is 0 Å². The first-order chi connectivity index (χ1) is 9.20. The first kappa shape index (κ1) is 15.9. The van der Waals surface area contributed by atoms with Crippen LogP contribution in [0.2, 0.25) is 0 Å². The van der Waals surface area contributed by atoms with E-state index >= 15 is 0 Å². The van der Waals surface area contributed by atoms with E-state index in [1.807, 2.05) is 0 Å². The number of hydrogen-bond acceptors (Lipinski definition) is 3. The molecule has 3 N–H and O–H groups in total. The SMILES string of the molecule is N[C@H](CC(=O)C=Cc1ccc(C(F)(F)F)cc1)C(=O)O. The molecule has 0 aliphatic carbocycles. The lowest BCUT2D eigenvalue weighted by Gasteiger charge is -2.06. The van der Waals surface area contributed by atoms with Crippen molar-refractivity contribution in [3.8, 4) is 0 Å². The Labute approximate surface area is 112 Å². The normalized spacial score (nSPS) is 13.4. The van der Waals surface area contributed by atoms with Gasteiger partial charge in [-0.15, -0.1) is 0 Å². The number of nitrogens with two attached hydrogens (primary N) is 1. The number of hydrogen-bond donors (Lipinski definition) is 2. The van der Waals surface area contributed by atoms with Gasteiger partial charge in [0, 0.05) is 6.42 Å². The van der Waals surface area contributed by atoms with Crippen LogP contribution < -0.4 is 5.73 Å². The maximum absolute atomic E-state index is 12.3. The molecule has 0 aliphatic heterocycles. The van der Waals surface area contributed by atoms with Crippen molar-refractivity contribution in [2.24, 2.45) is 5.73 Å². The van der Waals surface area contributed by atoms with Crippen LogP contribution in [0.15, 0.2) is 30.3 Å². The van der Waals surface area contributed by atoms with E-state index in [9.17, 15) is 22.8 Å². The molecule has 0 aromatic heterocycles. The molecular weight excluding hydrogens is 275 g/mol. The molecular formula is C13H12F3NO3. The summed E-state index contributed by atoms with van der Waals surface area (Å²) >= 11 is 0. The molecule has 0 bridgehead atoms. The molecule has 4 nitrogen and oxygen atoms in total. The van der Waals surface area contributed by atoms with Gasteiger partial charge in [0.05, 0.1) is 5.56 Å². The van der Waals surface area contributed by atoms with E-state index in [1.54, 1.807) is 0 Å². The van der Waals surface area contributed by atoms with Crippen molar-refractivity contribution in [3.63, 3.8) is 0 Å². The molecule has 1 aromatic rings. The highest BCUT2D eigenvalue weighted by molar-refractivity contribution is 5.96. The Hall–Kier alpha value is -2.15. The Kier molecular flexibility index (Phi) is 5.04. The van der Waals surface area contributed by atoms with Gasteiger partial charge in [-0.1, -0.05) is 18.2 Å². The molecule has 0 unspecified atom stereocenters. The quantitative estimate of drug-likeness (QED) is 0.813. The van der Waals surface area contributed by atoms with Gasteiger partial charge in [-0.25, -0.2) is 0 Å². The van der Waals surface area contributed by atoms with Crippen molar-refractivity contribution in [1.82, 2.24) is 0 Å². The van der Waals surface area contributed by atoms with Crippen molar-refractivity contribution >= 4 is 17.8 Å². The van der Waals surface area contributed by atoms with Crippen molar-refractivity contribution in [3.05, 3.63) is 41.5 Å². The van der Waals surface area contributed by atoms with E-state index in [-0.39, 0.29) is 6.42 Å². The highest BCUT2D eigenvalue weighted by Crippen LogP contribution is 2.29. The van der Waals surface area contributed by atoms with Gasteiger partial charge in [0.1, 0.15) is 6.04 Å². The number of carboxylic acids is 1. The highest BCUT2D eigenvalue weighted by atomic mass is 19.4. The highest BCUT2D eigenvalue weighted by Gasteiger charge is 2.29. The minimum Gasteiger partial charge on any atom is -0.480 e. The van der Waals surface area contributed by atoms with Crippen molar-refractivity contribution in [1.29, 1.82) is 0 Å². The maximum Gasteiger partial charge on any atom is 0.416 e. The monoisotopic (exact) mass is 287 g/mol. The van der Waals surface area contributed by atoms with Crippen LogP contribution in [0, 0.1) is 0 Å². The predicted octanol–water partition coefficient (Wildman–Crippen LogP) is 2.09. The summed E-state index contributed by atoms with van der Waals surface area (Å²) < 4.78 is 36.9. The average molecular weight is 287 g/mol. The topological polar surface area (TPSA) is 80.4 Å². The second-order valence-corrected chi connectivity index (χ2v) is 4.07. The standard InChI is InChI=1S/C13H12F3NO3/c14-13(15,16)9-4-1-8(2-5-9)3-6-10(18)7-11(17)12(19)20/h1-6,11H,7,17H2,(H,19,20)/t11-/m1/s1. The zero-order valence-corrected chi connectivity index (χ0v) is 10.2. The Morgan fingerprint density at radius 1 is 1.25 bits per heavy atom. The Bertz CT molecular complexity index is 521. The number of rotatable bonds is 5. The van der Waals surface area contributed by atoms with E-state index in [1.165, 1.54) is 18.2 Å². The number of halogens is 3. The lowest BCUT2D eigenvalue weighted by Crippen LogP contribution is -2.32. The van der Waals surface area contributed by atoms with Crippen molar-refractivity contribution in [2.45, 2.75) is 18.6 Å². The molecule has 7 heteroatoms. The van der Waals surface area contributed by atoms with Crippen LogP contribution in [0.1, 0.15) is 17.5 Å². The van der Waals surface area contributed by atoms with Gasteiger partial charge in [0.2, 0.25) is 0 Å². The van der Waals surface area contributed by atoms with Crippen LogP contribution in [0.25, 0.3) is 6.08 Å². The second-order valence-electron chi connectivity index (χ2n) is 4.07. The van der Waals surface area contributed by atoms with Crippen LogP contribution in [0.4, 0.5) is 13.2 Å². The minimum absolute atomic E-state index is 0.369. The summed E-state index contributed by atoms with van der Waals surface area (Å²) in [4.78, 5) is 21.8. The van der Waals surface area contributed by atoms with Gasteiger partial charge in [-0.2, -0.15) is 13.2 Å². The summed E-state index contributed by atoms with van der Waals surface area (Å²) in [6, 6.07) is 2.92. The number of allylic oxidation sites excluding steroid dienone is 1. The van der Waals surface area contributed by atoms with E-state index in [2.05, 4.69) is 0 Å².